The van der Waals surface area contributed by atoms with Crippen LogP contribution < -0.4 is 10.3 Å². The number of methoxy groups -OCH3 is 1. The molecule has 2 rings (SSSR count). The van der Waals surface area contributed by atoms with Crippen molar-refractivity contribution in [3.63, 3.8) is 0 Å². The van der Waals surface area contributed by atoms with Gasteiger partial charge < -0.3 is 4.74 Å². The Morgan fingerprint density at radius 3 is 2.71 bits per heavy atom. The highest BCUT2D eigenvalue weighted by Crippen LogP contribution is 2.24. The number of aromatic nitrogens is 2. The van der Waals surface area contributed by atoms with E-state index in [1.165, 1.54) is 0 Å². The molecule has 0 aliphatic heterocycles. The predicted octanol–water partition coefficient (Wildman–Crippen LogP) is 2.06. The van der Waals surface area contributed by atoms with Gasteiger partial charge in [-0.3, -0.25) is 4.79 Å². The summed E-state index contributed by atoms with van der Waals surface area (Å²) >= 11 is 0. The summed E-state index contributed by atoms with van der Waals surface area (Å²) in [7, 11) is 1.62. The largest absolute Gasteiger partial charge is 0.497 e. The molecule has 17 heavy (non-hydrogen) atoms. The second-order valence-corrected chi connectivity index (χ2v) is 3.88. The molecule has 0 atom stereocenters. The fraction of sp³-hybridized carbons (Fsp3) is 0.231. The maximum atomic E-state index is 11.4. The van der Waals surface area contributed by atoms with Crippen LogP contribution in [0.2, 0.25) is 0 Å². The highest BCUT2D eigenvalue weighted by Gasteiger charge is 2.09. The van der Waals surface area contributed by atoms with Gasteiger partial charge in [-0.25, -0.2) is 5.10 Å². The lowest BCUT2D eigenvalue weighted by molar-refractivity contribution is 0.415. The van der Waals surface area contributed by atoms with Crippen molar-refractivity contribution in [2.45, 2.75) is 13.8 Å². The van der Waals surface area contributed by atoms with Crippen LogP contribution in [0.4, 0.5) is 0 Å². The van der Waals surface area contributed by atoms with Crippen LogP contribution in [0.15, 0.2) is 29.1 Å². The van der Waals surface area contributed by atoms with E-state index in [4.69, 9.17) is 4.74 Å². The highest BCUT2D eigenvalue weighted by atomic mass is 16.5. The molecule has 0 unspecified atom stereocenters. The molecule has 0 spiro atoms. The van der Waals surface area contributed by atoms with E-state index in [-0.39, 0.29) is 5.56 Å². The van der Waals surface area contributed by atoms with E-state index in [1.807, 2.05) is 31.2 Å². The minimum Gasteiger partial charge on any atom is -0.497 e. The van der Waals surface area contributed by atoms with Crippen LogP contribution >= 0.6 is 0 Å². The molecule has 0 aliphatic rings. The Kier molecular flexibility index (Phi) is 2.95. The Labute approximate surface area is 99.3 Å². The smallest absolute Gasteiger partial charge is 0.267 e. The number of nitrogens with zero attached hydrogens (tertiary/aromatic N) is 1. The molecule has 4 nitrogen and oxygen atoms in total. The molecule has 0 fully saturated rings. The summed E-state index contributed by atoms with van der Waals surface area (Å²) in [5.41, 5.74) is 3.15. The van der Waals surface area contributed by atoms with Crippen LogP contribution in [-0.4, -0.2) is 17.3 Å². The van der Waals surface area contributed by atoms with Gasteiger partial charge >= 0.3 is 0 Å². The first-order valence-corrected chi connectivity index (χ1v) is 5.34. The summed E-state index contributed by atoms with van der Waals surface area (Å²) < 4.78 is 5.17. The van der Waals surface area contributed by atoms with Gasteiger partial charge in [0.05, 0.1) is 12.8 Å². The summed E-state index contributed by atoms with van der Waals surface area (Å²) in [6.07, 6.45) is 0. The van der Waals surface area contributed by atoms with E-state index in [0.29, 0.717) is 5.56 Å². The van der Waals surface area contributed by atoms with E-state index < -0.39 is 0 Å². The Morgan fingerprint density at radius 2 is 2.00 bits per heavy atom. The molecule has 1 aromatic carbocycles. The maximum Gasteiger partial charge on any atom is 0.267 e. The zero-order valence-corrected chi connectivity index (χ0v) is 10.1. The van der Waals surface area contributed by atoms with Gasteiger partial charge in [0.1, 0.15) is 5.75 Å². The summed E-state index contributed by atoms with van der Waals surface area (Å²) in [6, 6.07) is 7.61. The van der Waals surface area contributed by atoms with Gasteiger partial charge in [-0.1, -0.05) is 12.1 Å². The molecule has 0 saturated carbocycles. The monoisotopic (exact) mass is 230 g/mol. The second kappa shape index (κ2) is 4.41. The SMILES string of the molecule is COc1cccc(-c2n[nH]c(=O)c(C)c2C)c1. The van der Waals surface area contributed by atoms with E-state index in [0.717, 1.165) is 22.6 Å². The summed E-state index contributed by atoms with van der Waals surface area (Å²) in [5, 5.41) is 6.59. The first-order valence-electron chi connectivity index (χ1n) is 5.34. The Balaban J connectivity index is 2.60. The van der Waals surface area contributed by atoms with Crippen molar-refractivity contribution in [1.29, 1.82) is 0 Å². The third-order valence-corrected chi connectivity index (χ3v) is 2.87. The van der Waals surface area contributed by atoms with E-state index >= 15 is 0 Å². The number of rotatable bonds is 2. The van der Waals surface area contributed by atoms with E-state index in [9.17, 15) is 4.79 Å². The minimum atomic E-state index is -0.144. The molecular formula is C13H14N2O2. The van der Waals surface area contributed by atoms with Gasteiger partial charge in [-0.15, -0.1) is 0 Å². The van der Waals surface area contributed by atoms with Gasteiger partial charge in [-0.2, -0.15) is 5.10 Å². The molecule has 0 amide bonds. The van der Waals surface area contributed by atoms with Gasteiger partial charge in [-0.05, 0) is 31.5 Å². The van der Waals surface area contributed by atoms with Crippen LogP contribution in [-0.2, 0) is 0 Å². The maximum absolute atomic E-state index is 11.4. The normalized spacial score (nSPS) is 10.3. The molecule has 0 saturated heterocycles. The van der Waals surface area contributed by atoms with Crippen molar-refractivity contribution in [2.75, 3.05) is 7.11 Å². The molecule has 1 aromatic heterocycles. The van der Waals surface area contributed by atoms with E-state index in [1.54, 1.807) is 14.0 Å². The average Bonchev–Trinajstić information content (AvgIpc) is 2.36. The second-order valence-electron chi connectivity index (χ2n) is 3.88. The topological polar surface area (TPSA) is 55.0 Å². The molecule has 4 heteroatoms. The van der Waals surface area contributed by atoms with Gasteiger partial charge in [0.2, 0.25) is 0 Å². The van der Waals surface area contributed by atoms with Crippen molar-refractivity contribution in [3.8, 4) is 17.0 Å². The number of hydrogen-bond acceptors (Lipinski definition) is 3. The van der Waals surface area contributed by atoms with E-state index in [2.05, 4.69) is 10.2 Å². The molecule has 0 radical (unpaired) electrons. The first kappa shape index (κ1) is 11.4. The molecule has 0 aliphatic carbocycles. The highest BCUT2D eigenvalue weighted by molar-refractivity contribution is 5.64. The van der Waals surface area contributed by atoms with Gasteiger partial charge in [0, 0.05) is 11.1 Å². The zero-order chi connectivity index (χ0) is 12.4. The van der Waals surface area contributed by atoms with Crippen LogP contribution in [0.25, 0.3) is 11.3 Å². The molecule has 1 heterocycles. The quantitative estimate of drug-likeness (QED) is 0.859. The molecule has 1 N–H and O–H groups in total. The third kappa shape index (κ3) is 2.06. The van der Waals surface area contributed by atoms with Crippen LogP contribution in [0.3, 0.4) is 0 Å². The number of nitrogens with one attached hydrogen (secondary N) is 1. The first-order chi connectivity index (χ1) is 8.13. The van der Waals surface area contributed by atoms with Gasteiger partial charge in [0.15, 0.2) is 0 Å². The summed E-state index contributed by atoms with van der Waals surface area (Å²) in [4.78, 5) is 11.4. The lowest BCUT2D eigenvalue weighted by Crippen LogP contribution is -2.14. The number of benzene rings is 1. The third-order valence-electron chi connectivity index (χ3n) is 2.87. The van der Waals surface area contributed by atoms with Crippen LogP contribution in [0.1, 0.15) is 11.1 Å². The zero-order valence-electron chi connectivity index (χ0n) is 10.1. The molecular weight excluding hydrogens is 216 g/mol. The van der Waals surface area contributed by atoms with Gasteiger partial charge in [0.25, 0.3) is 5.56 Å². The summed E-state index contributed by atoms with van der Waals surface area (Å²) in [6.45, 7) is 3.69. The Hall–Kier alpha value is -2.10. The fourth-order valence-corrected chi connectivity index (χ4v) is 1.67. The van der Waals surface area contributed by atoms with Crippen molar-refractivity contribution in [1.82, 2.24) is 10.2 Å². The Bertz CT molecular complexity index is 603. The summed E-state index contributed by atoms with van der Waals surface area (Å²) in [5.74, 6) is 0.771. The lowest BCUT2D eigenvalue weighted by Gasteiger charge is -2.07. The molecule has 88 valence electrons. The number of ether oxygens (including phenoxy) is 1. The molecule has 0 bridgehead atoms. The predicted molar refractivity (Wildman–Crippen MR) is 66.3 cm³/mol. The number of H-pyrrole nitrogens is 1. The van der Waals surface area contributed by atoms with Crippen molar-refractivity contribution in [3.05, 3.63) is 45.7 Å². The minimum absolute atomic E-state index is 0.144. The van der Waals surface area contributed by atoms with Crippen molar-refractivity contribution < 1.29 is 4.74 Å². The van der Waals surface area contributed by atoms with Crippen molar-refractivity contribution in [2.24, 2.45) is 0 Å². The Morgan fingerprint density at radius 1 is 1.24 bits per heavy atom. The van der Waals surface area contributed by atoms with Crippen LogP contribution in [0, 0.1) is 13.8 Å². The number of aromatic amines is 1. The fourth-order valence-electron chi connectivity index (χ4n) is 1.67. The van der Waals surface area contributed by atoms with Crippen LogP contribution in [0.5, 0.6) is 5.75 Å². The van der Waals surface area contributed by atoms with Crippen molar-refractivity contribution >= 4 is 0 Å². The molecule has 2 aromatic rings. The average molecular weight is 230 g/mol. The number of hydrogen-bond donors (Lipinski definition) is 1. The standard InChI is InChI=1S/C13H14N2O2/c1-8-9(2)13(16)15-14-12(8)10-5-4-6-11(7-10)17-3/h4-7H,1-3H3,(H,15,16). The lowest BCUT2D eigenvalue weighted by atomic mass is 10.0.